The monoisotopic (exact) mass is 361 g/mol. The number of sulfonamides is 1. The molecule has 0 aromatic rings. The van der Waals surface area contributed by atoms with Crippen molar-refractivity contribution in [3.63, 3.8) is 0 Å². The predicted octanol–water partition coefficient (Wildman–Crippen LogP) is 0.227. The molecule has 0 unspecified atom stereocenters. The van der Waals surface area contributed by atoms with Gasteiger partial charge in [-0.2, -0.15) is 0 Å². The number of rotatable bonds is 6. The summed E-state index contributed by atoms with van der Waals surface area (Å²) in [5, 5.41) is 0. The number of nitrogens with zero attached hydrogens (tertiary/aromatic N) is 3. The van der Waals surface area contributed by atoms with Crippen molar-refractivity contribution in [1.29, 1.82) is 0 Å². The summed E-state index contributed by atoms with van der Waals surface area (Å²) in [7, 11) is 0.870. The van der Waals surface area contributed by atoms with Gasteiger partial charge in [0.25, 0.3) is 0 Å². The van der Waals surface area contributed by atoms with Crippen LogP contribution in [-0.4, -0.2) is 94.2 Å². The zero-order valence-corrected chi connectivity index (χ0v) is 15.9. The van der Waals surface area contributed by atoms with Crippen molar-refractivity contribution in [1.82, 2.24) is 14.1 Å². The van der Waals surface area contributed by atoms with Gasteiger partial charge in [0.15, 0.2) is 0 Å². The number of hydrogen-bond donors (Lipinski definition) is 0. The highest BCUT2D eigenvalue weighted by atomic mass is 32.2. The third-order valence-corrected chi connectivity index (χ3v) is 6.28. The van der Waals surface area contributed by atoms with Crippen LogP contribution >= 0.6 is 0 Å². The van der Waals surface area contributed by atoms with E-state index in [1.165, 1.54) is 10.6 Å². The summed E-state index contributed by atoms with van der Waals surface area (Å²) in [6, 6.07) is 0.249. The van der Waals surface area contributed by atoms with Crippen molar-refractivity contribution in [2.75, 3.05) is 59.7 Å². The van der Waals surface area contributed by atoms with Crippen LogP contribution in [0.15, 0.2) is 0 Å². The van der Waals surface area contributed by atoms with E-state index in [0.29, 0.717) is 39.1 Å². The van der Waals surface area contributed by atoms with Crippen LogP contribution < -0.4 is 0 Å². The first-order valence-electron chi connectivity index (χ1n) is 8.77. The van der Waals surface area contributed by atoms with Crippen LogP contribution in [0.25, 0.3) is 0 Å². The van der Waals surface area contributed by atoms with E-state index < -0.39 is 10.0 Å². The Hall–Kier alpha value is -0.700. The molecule has 2 fully saturated rings. The fourth-order valence-corrected chi connectivity index (χ4v) is 4.32. The van der Waals surface area contributed by atoms with Crippen LogP contribution in [0.2, 0.25) is 0 Å². The number of amides is 1. The average Bonchev–Trinajstić information content (AvgIpc) is 2.55. The van der Waals surface area contributed by atoms with Crippen LogP contribution in [0, 0.1) is 5.92 Å². The molecule has 8 heteroatoms. The standard InChI is InChI=1S/C16H31N3O4S/c1-17(2)10-11-19(15-6-12-23-13-7-15)16(20)14-4-8-18(9-5-14)24(3,21)22/h14-15H,4-13H2,1-3H3. The van der Waals surface area contributed by atoms with E-state index in [4.69, 9.17) is 4.74 Å². The lowest BCUT2D eigenvalue weighted by Crippen LogP contribution is -2.50. The second kappa shape index (κ2) is 8.60. The Kier molecular flexibility index (Phi) is 7.03. The van der Waals surface area contributed by atoms with E-state index in [0.717, 1.165) is 25.9 Å². The fourth-order valence-electron chi connectivity index (χ4n) is 3.45. The minimum Gasteiger partial charge on any atom is -0.381 e. The van der Waals surface area contributed by atoms with Gasteiger partial charge in [0, 0.05) is 51.4 Å². The maximum Gasteiger partial charge on any atom is 0.226 e. The van der Waals surface area contributed by atoms with Crippen LogP contribution in [0.5, 0.6) is 0 Å². The molecule has 0 aliphatic carbocycles. The Labute approximate surface area is 146 Å². The topological polar surface area (TPSA) is 70.2 Å². The third kappa shape index (κ3) is 5.40. The molecule has 2 rings (SSSR count). The van der Waals surface area contributed by atoms with Crippen molar-refractivity contribution >= 4 is 15.9 Å². The van der Waals surface area contributed by atoms with Gasteiger partial charge in [-0.25, -0.2) is 12.7 Å². The van der Waals surface area contributed by atoms with E-state index in [9.17, 15) is 13.2 Å². The lowest BCUT2D eigenvalue weighted by atomic mass is 9.94. The third-order valence-electron chi connectivity index (χ3n) is 4.97. The van der Waals surface area contributed by atoms with Crippen molar-refractivity contribution in [2.45, 2.75) is 31.7 Å². The van der Waals surface area contributed by atoms with Crippen molar-refractivity contribution in [2.24, 2.45) is 5.92 Å². The second-order valence-electron chi connectivity index (χ2n) is 7.11. The SMILES string of the molecule is CN(C)CCN(C(=O)C1CCN(S(C)(=O)=O)CC1)C1CCOCC1. The Morgan fingerprint density at radius 2 is 1.67 bits per heavy atom. The second-order valence-corrected chi connectivity index (χ2v) is 9.10. The maximum atomic E-state index is 13.1. The molecule has 0 bridgehead atoms. The zero-order valence-electron chi connectivity index (χ0n) is 15.1. The van der Waals surface area contributed by atoms with Gasteiger partial charge in [-0.3, -0.25) is 4.79 Å². The maximum absolute atomic E-state index is 13.1. The van der Waals surface area contributed by atoms with Crippen LogP contribution in [0.1, 0.15) is 25.7 Å². The first-order chi connectivity index (χ1) is 11.3. The summed E-state index contributed by atoms with van der Waals surface area (Å²) in [6.45, 7) is 3.88. The molecule has 0 aromatic heterocycles. The Balaban J connectivity index is 1.99. The lowest BCUT2D eigenvalue weighted by Gasteiger charge is -2.39. The quantitative estimate of drug-likeness (QED) is 0.677. The van der Waals surface area contributed by atoms with Crippen LogP contribution in [-0.2, 0) is 19.6 Å². The van der Waals surface area contributed by atoms with E-state index in [2.05, 4.69) is 4.90 Å². The average molecular weight is 362 g/mol. The first kappa shape index (κ1) is 19.6. The molecule has 0 atom stereocenters. The number of carbonyl (C=O) groups excluding carboxylic acids is 1. The number of carbonyl (C=O) groups is 1. The molecule has 0 aromatic carbocycles. The molecule has 0 N–H and O–H groups in total. The summed E-state index contributed by atoms with van der Waals surface area (Å²) in [4.78, 5) is 17.2. The van der Waals surface area contributed by atoms with Gasteiger partial charge >= 0.3 is 0 Å². The Morgan fingerprint density at radius 3 is 2.17 bits per heavy atom. The van der Waals surface area contributed by atoms with Crippen LogP contribution in [0.4, 0.5) is 0 Å². The Morgan fingerprint density at radius 1 is 1.08 bits per heavy atom. The number of piperidine rings is 1. The number of likely N-dealkylation sites (N-methyl/N-ethyl adjacent to an activating group) is 1. The van der Waals surface area contributed by atoms with Crippen molar-refractivity contribution < 1.29 is 17.9 Å². The molecule has 24 heavy (non-hydrogen) atoms. The highest BCUT2D eigenvalue weighted by Crippen LogP contribution is 2.24. The summed E-state index contributed by atoms with van der Waals surface area (Å²) >= 11 is 0. The number of ether oxygens (including phenoxy) is 1. The minimum absolute atomic E-state index is 0.0620. The Bertz CT molecular complexity index is 509. The van der Waals surface area contributed by atoms with Gasteiger partial charge in [0.2, 0.25) is 15.9 Å². The molecular weight excluding hydrogens is 330 g/mol. The summed E-state index contributed by atoms with van der Waals surface area (Å²) in [6.07, 6.45) is 4.25. The van der Waals surface area contributed by atoms with Crippen molar-refractivity contribution in [3.8, 4) is 0 Å². The smallest absolute Gasteiger partial charge is 0.226 e. The summed E-state index contributed by atoms with van der Waals surface area (Å²) in [5.41, 5.74) is 0. The van der Waals surface area contributed by atoms with E-state index >= 15 is 0 Å². The van der Waals surface area contributed by atoms with E-state index in [-0.39, 0.29) is 17.9 Å². The summed E-state index contributed by atoms with van der Waals surface area (Å²) in [5.74, 6) is 0.130. The normalized spacial score (nSPS) is 22.0. The highest BCUT2D eigenvalue weighted by molar-refractivity contribution is 7.88. The molecule has 7 nitrogen and oxygen atoms in total. The van der Waals surface area contributed by atoms with Crippen LogP contribution in [0.3, 0.4) is 0 Å². The van der Waals surface area contributed by atoms with Gasteiger partial charge in [-0.15, -0.1) is 0 Å². The molecule has 2 aliphatic rings. The predicted molar refractivity (Wildman–Crippen MR) is 93.2 cm³/mol. The molecule has 1 amide bonds. The fraction of sp³-hybridized carbons (Fsp3) is 0.938. The van der Waals surface area contributed by atoms with Crippen molar-refractivity contribution in [3.05, 3.63) is 0 Å². The minimum atomic E-state index is -3.15. The molecule has 2 aliphatic heterocycles. The summed E-state index contributed by atoms with van der Waals surface area (Å²) < 4.78 is 30.2. The molecule has 0 spiro atoms. The molecule has 140 valence electrons. The van der Waals surface area contributed by atoms with Gasteiger partial charge < -0.3 is 14.5 Å². The van der Waals surface area contributed by atoms with E-state index in [1.54, 1.807) is 0 Å². The molecule has 0 saturated carbocycles. The molecule has 2 heterocycles. The van der Waals surface area contributed by atoms with Gasteiger partial charge in [0.1, 0.15) is 0 Å². The highest BCUT2D eigenvalue weighted by Gasteiger charge is 2.34. The molecule has 2 saturated heterocycles. The number of hydrogen-bond acceptors (Lipinski definition) is 5. The zero-order chi connectivity index (χ0) is 17.7. The first-order valence-corrected chi connectivity index (χ1v) is 10.6. The van der Waals surface area contributed by atoms with E-state index in [1.807, 2.05) is 19.0 Å². The molecule has 0 radical (unpaired) electrons. The largest absolute Gasteiger partial charge is 0.381 e. The lowest BCUT2D eigenvalue weighted by molar-refractivity contribution is -0.141. The van der Waals surface area contributed by atoms with Gasteiger partial charge in [-0.05, 0) is 39.8 Å². The van der Waals surface area contributed by atoms with Gasteiger partial charge in [0.05, 0.1) is 6.26 Å². The van der Waals surface area contributed by atoms with Gasteiger partial charge in [-0.1, -0.05) is 0 Å². The molecular formula is C16H31N3O4S.